The average Bonchev–Trinajstić information content (AvgIpc) is 2.41. The Morgan fingerprint density at radius 1 is 1.10 bits per heavy atom. The zero-order valence-corrected chi connectivity index (χ0v) is 14.2. The summed E-state index contributed by atoms with van der Waals surface area (Å²) >= 11 is 21.5. The van der Waals surface area contributed by atoms with Gasteiger partial charge in [0, 0.05) is 10.0 Å². The highest BCUT2D eigenvalue weighted by Gasteiger charge is 2.21. The Morgan fingerprint density at radius 2 is 1.80 bits per heavy atom. The molecule has 0 saturated heterocycles. The van der Waals surface area contributed by atoms with E-state index in [-0.39, 0.29) is 5.82 Å². The molecule has 0 fully saturated rings. The third-order valence-electron chi connectivity index (χ3n) is 2.93. The lowest BCUT2D eigenvalue weighted by molar-refractivity contribution is 0.575. The van der Waals surface area contributed by atoms with E-state index in [1.165, 1.54) is 6.07 Å². The molecule has 106 valence electrons. The van der Waals surface area contributed by atoms with Gasteiger partial charge in [0.25, 0.3) is 0 Å². The maximum absolute atomic E-state index is 14.2. The third kappa shape index (κ3) is 3.12. The smallest absolute Gasteiger partial charge is 0.129 e. The number of rotatable bonds is 3. The molecule has 0 aliphatic rings. The zero-order chi connectivity index (χ0) is 14.9. The minimum absolute atomic E-state index is 0.378. The lowest BCUT2D eigenvalue weighted by Crippen LogP contribution is -2.19. The van der Waals surface area contributed by atoms with E-state index < -0.39 is 6.04 Å². The van der Waals surface area contributed by atoms with Gasteiger partial charge in [-0.1, -0.05) is 46.9 Å². The Hall–Kier alpha value is -0.320. The SMILES string of the molecule is CNC(c1cc(Cl)c(Br)cc1F)c1cccc(Cl)c1Cl. The first-order chi connectivity index (χ1) is 9.45. The van der Waals surface area contributed by atoms with Crippen LogP contribution in [0.5, 0.6) is 0 Å². The Kier molecular flexibility index (Phi) is 5.32. The maximum Gasteiger partial charge on any atom is 0.129 e. The molecule has 0 heterocycles. The fraction of sp³-hybridized carbons (Fsp3) is 0.143. The first-order valence-electron chi connectivity index (χ1n) is 5.71. The number of hydrogen-bond donors (Lipinski definition) is 1. The van der Waals surface area contributed by atoms with Crippen LogP contribution in [0.2, 0.25) is 15.1 Å². The summed E-state index contributed by atoms with van der Waals surface area (Å²) in [6.07, 6.45) is 0. The van der Waals surface area contributed by atoms with Crippen LogP contribution in [0.1, 0.15) is 17.2 Å². The van der Waals surface area contributed by atoms with Crippen molar-refractivity contribution in [2.45, 2.75) is 6.04 Å². The molecule has 2 aromatic rings. The van der Waals surface area contributed by atoms with E-state index in [1.807, 2.05) is 0 Å². The van der Waals surface area contributed by atoms with Gasteiger partial charge in [0.15, 0.2) is 0 Å². The summed E-state index contributed by atoms with van der Waals surface area (Å²) in [5.41, 5.74) is 1.10. The van der Waals surface area contributed by atoms with Crippen molar-refractivity contribution in [1.82, 2.24) is 5.32 Å². The first-order valence-corrected chi connectivity index (χ1v) is 7.64. The minimum atomic E-state index is -0.438. The fourth-order valence-electron chi connectivity index (χ4n) is 1.98. The largest absolute Gasteiger partial charge is 0.309 e. The normalized spacial score (nSPS) is 12.5. The lowest BCUT2D eigenvalue weighted by Gasteiger charge is -2.20. The van der Waals surface area contributed by atoms with Crippen molar-refractivity contribution in [3.63, 3.8) is 0 Å². The highest BCUT2D eigenvalue weighted by atomic mass is 79.9. The Morgan fingerprint density at radius 3 is 2.45 bits per heavy atom. The Bertz CT molecular complexity index is 649. The Balaban J connectivity index is 2.58. The van der Waals surface area contributed by atoms with Gasteiger partial charge in [-0.05, 0) is 46.7 Å². The molecule has 20 heavy (non-hydrogen) atoms. The molecule has 1 nitrogen and oxygen atoms in total. The molecule has 0 spiro atoms. The van der Waals surface area contributed by atoms with Crippen LogP contribution >= 0.6 is 50.7 Å². The summed E-state index contributed by atoms with van der Waals surface area (Å²) in [7, 11) is 1.72. The molecule has 2 rings (SSSR count). The predicted molar refractivity (Wildman–Crippen MR) is 86.5 cm³/mol. The molecular formula is C14H10BrCl3FN. The summed E-state index contributed by atoms with van der Waals surface area (Å²) in [5, 5.41) is 4.28. The summed E-state index contributed by atoms with van der Waals surface area (Å²) < 4.78 is 14.7. The molecular weight excluding hydrogens is 387 g/mol. The summed E-state index contributed by atoms with van der Waals surface area (Å²) in [4.78, 5) is 0. The van der Waals surface area contributed by atoms with E-state index in [0.717, 1.165) is 0 Å². The van der Waals surface area contributed by atoms with Gasteiger partial charge in [-0.3, -0.25) is 0 Å². The molecule has 0 radical (unpaired) electrons. The molecule has 1 unspecified atom stereocenters. The van der Waals surface area contributed by atoms with E-state index in [4.69, 9.17) is 34.8 Å². The number of nitrogens with one attached hydrogen (secondary N) is 1. The van der Waals surface area contributed by atoms with E-state index in [9.17, 15) is 4.39 Å². The molecule has 0 saturated carbocycles. The van der Waals surface area contributed by atoms with Gasteiger partial charge >= 0.3 is 0 Å². The predicted octanol–water partition coefficient (Wildman–Crippen LogP) is 5.86. The minimum Gasteiger partial charge on any atom is -0.309 e. The van der Waals surface area contributed by atoms with Crippen LogP contribution in [-0.2, 0) is 0 Å². The van der Waals surface area contributed by atoms with Crippen LogP contribution in [0, 0.1) is 5.82 Å². The van der Waals surface area contributed by atoms with Gasteiger partial charge in [-0.15, -0.1) is 0 Å². The van der Waals surface area contributed by atoms with Gasteiger partial charge in [-0.25, -0.2) is 4.39 Å². The van der Waals surface area contributed by atoms with Gasteiger partial charge in [0.2, 0.25) is 0 Å². The Labute approximate surface area is 140 Å². The summed E-state index contributed by atoms with van der Waals surface area (Å²) in [6, 6.07) is 7.72. The van der Waals surface area contributed by atoms with Gasteiger partial charge in [0.1, 0.15) is 5.82 Å². The summed E-state index contributed by atoms with van der Waals surface area (Å²) in [6.45, 7) is 0. The standard InChI is InChI=1S/C14H10BrCl3FN/c1-20-14(7-3-2-4-10(16)13(7)18)8-5-11(17)9(15)6-12(8)19/h2-6,14,20H,1H3. The van der Waals surface area contributed by atoms with Crippen molar-refractivity contribution < 1.29 is 4.39 Å². The van der Waals surface area contributed by atoms with Crippen molar-refractivity contribution in [2.75, 3.05) is 7.05 Å². The van der Waals surface area contributed by atoms with Crippen molar-refractivity contribution in [3.8, 4) is 0 Å². The van der Waals surface area contributed by atoms with E-state index in [0.29, 0.717) is 30.7 Å². The number of benzene rings is 2. The van der Waals surface area contributed by atoms with Crippen molar-refractivity contribution in [3.05, 3.63) is 66.8 Å². The molecule has 0 bridgehead atoms. The maximum atomic E-state index is 14.2. The molecule has 2 aromatic carbocycles. The molecule has 1 atom stereocenters. The second kappa shape index (κ2) is 6.63. The second-order valence-electron chi connectivity index (χ2n) is 4.15. The van der Waals surface area contributed by atoms with Crippen LogP contribution in [0.15, 0.2) is 34.8 Å². The molecule has 6 heteroatoms. The number of hydrogen-bond acceptors (Lipinski definition) is 1. The van der Waals surface area contributed by atoms with E-state index in [2.05, 4.69) is 21.2 Å². The van der Waals surface area contributed by atoms with Crippen LogP contribution in [-0.4, -0.2) is 7.05 Å². The highest BCUT2D eigenvalue weighted by Crippen LogP contribution is 2.36. The van der Waals surface area contributed by atoms with Gasteiger partial charge < -0.3 is 5.32 Å². The molecule has 0 aromatic heterocycles. The number of halogens is 5. The molecule has 0 aliphatic heterocycles. The monoisotopic (exact) mass is 395 g/mol. The topological polar surface area (TPSA) is 12.0 Å². The highest BCUT2D eigenvalue weighted by molar-refractivity contribution is 9.10. The fourth-order valence-corrected chi connectivity index (χ4v) is 2.89. The van der Waals surface area contributed by atoms with Crippen LogP contribution < -0.4 is 5.32 Å². The zero-order valence-electron chi connectivity index (χ0n) is 10.4. The summed E-state index contributed by atoms with van der Waals surface area (Å²) in [5.74, 6) is -0.378. The average molecular weight is 398 g/mol. The van der Waals surface area contributed by atoms with Gasteiger partial charge in [-0.2, -0.15) is 0 Å². The molecule has 0 aliphatic carbocycles. The van der Waals surface area contributed by atoms with Crippen LogP contribution in [0.3, 0.4) is 0 Å². The van der Waals surface area contributed by atoms with Crippen LogP contribution in [0.4, 0.5) is 4.39 Å². The van der Waals surface area contributed by atoms with Crippen molar-refractivity contribution >= 4 is 50.7 Å². The van der Waals surface area contributed by atoms with Crippen molar-refractivity contribution in [2.24, 2.45) is 0 Å². The quantitative estimate of drug-likeness (QED) is 0.640. The third-order valence-corrected chi connectivity index (χ3v) is 4.96. The van der Waals surface area contributed by atoms with E-state index >= 15 is 0 Å². The van der Waals surface area contributed by atoms with Crippen molar-refractivity contribution in [1.29, 1.82) is 0 Å². The lowest BCUT2D eigenvalue weighted by atomic mass is 9.98. The first kappa shape index (κ1) is 16.1. The van der Waals surface area contributed by atoms with Crippen LogP contribution in [0.25, 0.3) is 0 Å². The molecule has 1 N–H and O–H groups in total. The molecule has 0 amide bonds. The second-order valence-corrected chi connectivity index (χ2v) is 6.20. The van der Waals surface area contributed by atoms with Gasteiger partial charge in [0.05, 0.1) is 21.1 Å². The van der Waals surface area contributed by atoms with E-state index in [1.54, 1.807) is 31.3 Å².